The summed E-state index contributed by atoms with van der Waals surface area (Å²) < 4.78 is 18.8. The summed E-state index contributed by atoms with van der Waals surface area (Å²) in [6.07, 6.45) is 3.52. The Labute approximate surface area is 219 Å². The molecule has 2 aromatic carbocycles. The number of thiazole rings is 1. The van der Waals surface area contributed by atoms with E-state index in [-0.39, 0.29) is 18.3 Å². The molecule has 4 rings (SSSR count). The largest absolute Gasteiger partial charge is 0.491 e. The molecular formula is C29H30N2O5S. The molecule has 0 fully saturated rings. The van der Waals surface area contributed by atoms with Crippen molar-refractivity contribution in [2.24, 2.45) is 4.99 Å². The summed E-state index contributed by atoms with van der Waals surface area (Å²) in [5.41, 5.74) is 2.22. The molecule has 0 saturated heterocycles. The number of carbonyl (C=O) groups excluding carboxylic acids is 1. The Kier molecular flexibility index (Phi) is 8.08. The van der Waals surface area contributed by atoms with Gasteiger partial charge in [0.1, 0.15) is 18.1 Å². The first-order valence-corrected chi connectivity index (χ1v) is 12.9. The molecule has 1 aliphatic heterocycles. The highest BCUT2D eigenvalue weighted by atomic mass is 32.1. The molecule has 37 heavy (non-hydrogen) atoms. The van der Waals surface area contributed by atoms with E-state index >= 15 is 0 Å². The van der Waals surface area contributed by atoms with Gasteiger partial charge in [-0.25, -0.2) is 9.79 Å². The van der Waals surface area contributed by atoms with Crippen LogP contribution < -0.4 is 24.4 Å². The Morgan fingerprint density at radius 3 is 2.62 bits per heavy atom. The highest BCUT2D eigenvalue weighted by Crippen LogP contribution is 2.31. The molecule has 0 bridgehead atoms. The van der Waals surface area contributed by atoms with Gasteiger partial charge in [0.2, 0.25) is 0 Å². The van der Waals surface area contributed by atoms with Gasteiger partial charge in [-0.15, -0.1) is 0 Å². The van der Waals surface area contributed by atoms with Crippen LogP contribution in [0.3, 0.4) is 0 Å². The fraction of sp³-hybridized carbons (Fsp3) is 0.276. The van der Waals surface area contributed by atoms with E-state index in [0.29, 0.717) is 38.7 Å². The molecule has 192 valence electrons. The third-order valence-electron chi connectivity index (χ3n) is 5.61. The van der Waals surface area contributed by atoms with E-state index in [0.717, 1.165) is 11.1 Å². The highest BCUT2D eigenvalue weighted by molar-refractivity contribution is 7.07. The van der Waals surface area contributed by atoms with Crippen LogP contribution in [0.2, 0.25) is 0 Å². The maximum absolute atomic E-state index is 13.7. The number of esters is 1. The van der Waals surface area contributed by atoms with Crippen molar-refractivity contribution in [2.75, 3.05) is 13.2 Å². The zero-order valence-electron chi connectivity index (χ0n) is 21.4. The van der Waals surface area contributed by atoms with Crippen LogP contribution in [0.25, 0.3) is 6.08 Å². The topological polar surface area (TPSA) is 79.1 Å². The minimum absolute atomic E-state index is 0.0291. The van der Waals surface area contributed by atoms with Crippen LogP contribution in [0.15, 0.2) is 82.2 Å². The van der Waals surface area contributed by atoms with E-state index < -0.39 is 12.0 Å². The molecule has 0 unspecified atom stereocenters. The first-order valence-electron chi connectivity index (χ1n) is 12.1. The molecule has 7 nitrogen and oxygen atoms in total. The summed E-state index contributed by atoms with van der Waals surface area (Å²) in [5, 5.41) is 0. The lowest BCUT2D eigenvalue weighted by Gasteiger charge is -2.25. The van der Waals surface area contributed by atoms with E-state index in [1.54, 1.807) is 24.5 Å². The summed E-state index contributed by atoms with van der Waals surface area (Å²) in [7, 11) is 0. The van der Waals surface area contributed by atoms with Gasteiger partial charge in [0.15, 0.2) is 4.80 Å². The molecule has 0 saturated carbocycles. The van der Waals surface area contributed by atoms with Crippen molar-refractivity contribution in [3.05, 3.63) is 103 Å². The average molecular weight is 519 g/mol. The Bertz CT molecular complexity index is 1510. The Balaban J connectivity index is 1.85. The zero-order chi connectivity index (χ0) is 26.5. The molecule has 1 atom stereocenters. The Hall–Kier alpha value is -3.91. The fourth-order valence-electron chi connectivity index (χ4n) is 4.11. The molecule has 0 spiro atoms. The number of ether oxygens (including phenoxy) is 3. The standard InChI is InChI=1S/C29H30N2O5S/c1-6-15-35-23-10-8-9-20(16-23)17-24-27(32)31-26(21-11-13-22(14-12-21)36-18(3)4)25(28(33)34-7-2)19(5)30-29(31)37-24/h6,8-14,16-18,26H,1,7,15H2,2-5H3/b24-17-/t26-/m0/s1. The first-order chi connectivity index (χ1) is 17.8. The van der Waals surface area contributed by atoms with Crippen LogP contribution in [0, 0.1) is 0 Å². The number of fused-ring (bicyclic) bond motifs is 1. The summed E-state index contributed by atoms with van der Waals surface area (Å²) in [6.45, 7) is 11.7. The number of hydrogen-bond donors (Lipinski definition) is 0. The summed E-state index contributed by atoms with van der Waals surface area (Å²) in [4.78, 5) is 31.9. The van der Waals surface area contributed by atoms with Crippen LogP contribution >= 0.6 is 11.3 Å². The third kappa shape index (κ3) is 5.75. The minimum Gasteiger partial charge on any atom is -0.491 e. The van der Waals surface area contributed by atoms with Gasteiger partial charge in [0, 0.05) is 0 Å². The van der Waals surface area contributed by atoms with E-state index in [1.165, 1.54) is 11.3 Å². The van der Waals surface area contributed by atoms with Gasteiger partial charge in [-0.2, -0.15) is 0 Å². The number of carbonyl (C=O) groups is 1. The number of rotatable bonds is 9. The molecule has 2 heterocycles. The monoisotopic (exact) mass is 518 g/mol. The van der Waals surface area contributed by atoms with Crippen LogP contribution in [-0.2, 0) is 9.53 Å². The van der Waals surface area contributed by atoms with Gasteiger partial charge >= 0.3 is 5.97 Å². The molecule has 0 aliphatic carbocycles. The second-order valence-electron chi connectivity index (χ2n) is 8.71. The maximum atomic E-state index is 13.7. The molecular weight excluding hydrogens is 488 g/mol. The van der Waals surface area contributed by atoms with Crippen molar-refractivity contribution in [3.63, 3.8) is 0 Å². The highest BCUT2D eigenvalue weighted by Gasteiger charge is 2.33. The van der Waals surface area contributed by atoms with Gasteiger partial charge in [-0.1, -0.05) is 48.3 Å². The van der Waals surface area contributed by atoms with Gasteiger partial charge in [0.25, 0.3) is 5.56 Å². The summed E-state index contributed by atoms with van der Waals surface area (Å²) in [5.74, 6) is 0.907. The van der Waals surface area contributed by atoms with Crippen LogP contribution in [0.1, 0.15) is 44.9 Å². The summed E-state index contributed by atoms with van der Waals surface area (Å²) in [6, 6.07) is 14.2. The first kappa shape index (κ1) is 26.2. The van der Waals surface area contributed by atoms with Crippen molar-refractivity contribution in [3.8, 4) is 11.5 Å². The number of allylic oxidation sites excluding steroid dienone is 1. The SMILES string of the molecule is C=CCOc1cccc(/C=c2\sc3n(c2=O)[C@@H](c2ccc(OC(C)C)cc2)C(C(=O)OCC)=C(C)N=3)c1. The lowest BCUT2D eigenvalue weighted by molar-refractivity contribution is -0.139. The predicted octanol–water partition coefficient (Wildman–Crippen LogP) is 4.15. The zero-order valence-corrected chi connectivity index (χ0v) is 22.2. The normalized spacial score (nSPS) is 15.3. The van der Waals surface area contributed by atoms with Crippen LogP contribution in [0.5, 0.6) is 11.5 Å². The van der Waals surface area contributed by atoms with E-state index in [1.807, 2.05) is 68.5 Å². The van der Waals surface area contributed by atoms with Crippen molar-refractivity contribution < 1.29 is 19.0 Å². The smallest absolute Gasteiger partial charge is 0.338 e. The van der Waals surface area contributed by atoms with Crippen molar-refractivity contribution in [2.45, 2.75) is 39.8 Å². The second kappa shape index (κ2) is 11.4. The number of aromatic nitrogens is 1. The molecule has 0 N–H and O–H groups in total. The van der Waals surface area contributed by atoms with E-state index in [2.05, 4.69) is 11.6 Å². The Morgan fingerprint density at radius 2 is 1.95 bits per heavy atom. The molecule has 8 heteroatoms. The van der Waals surface area contributed by atoms with Crippen molar-refractivity contribution >= 4 is 23.4 Å². The molecule has 0 amide bonds. The minimum atomic E-state index is -0.673. The fourth-order valence-corrected chi connectivity index (χ4v) is 5.16. The molecule has 3 aromatic rings. The number of nitrogens with zero attached hydrogens (tertiary/aromatic N) is 2. The van der Waals surface area contributed by atoms with Gasteiger partial charge < -0.3 is 14.2 Å². The van der Waals surface area contributed by atoms with Crippen LogP contribution in [0.4, 0.5) is 0 Å². The Morgan fingerprint density at radius 1 is 1.19 bits per heavy atom. The number of hydrogen-bond acceptors (Lipinski definition) is 7. The summed E-state index contributed by atoms with van der Waals surface area (Å²) >= 11 is 1.28. The average Bonchev–Trinajstić information content (AvgIpc) is 3.16. The van der Waals surface area contributed by atoms with Gasteiger partial charge in [-0.05, 0) is 69.2 Å². The van der Waals surface area contributed by atoms with E-state index in [9.17, 15) is 9.59 Å². The van der Waals surface area contributed by atoms with Crippen molar-refractivity contribution in [1.29, 1.82) is 0 Å². The van der Waals surface area contributed by atoms with E-state index in [4.69, 9.17) is 14.2 Å². The lowest BCUT2D eigenvalue weighted by Crippen LogP contribution is -2.39. The van der Waals surface area contributed by atoms with Crippen molar-refractivity contribution in [1.82, 2.24) is 4.57 Å². The molecule has 0 radical (unpaired) electrons. The molecule has 1 aromatic heterocycles. The predicted molar refractivity (Wildman–Crippen MR) is 145 cm³/mol. The lowest BCUT2D eigenvalue weighted by atomic mass is 9.96. The second-order valence-corrected chi connectivity index (χ2v) is 9.72. The quantitative estimate of drug-likeness (QED) is 0.314. The van der Waals surface area contributed by atoms with Crippen LogP contribution in [-0.4, -0.2) is 29.9 Å². The third-order valence-corrected chi connectivity index (χ3v) is 6.59. The van der Waals surface area contributed by atoms with Gasteiger partial charge in [0.05, 0.1) is 34.6 Å². The maximum Gasteiger partial charge on any atom is 0.338 e. The van der Waals surface area contributed by atoms with Gasteiger partial charge in [-0.3, -0.25) is 9.36 Å². The molecule has 1 aliphatic rings. The number of benzene rings is 2.